The van der Waals surface area contributed by atoms with Crippen molar-refractivity contribution in [3.05, 3.63) is 29.8 Å². The van der Waals surface area contributed by atoms with Gasteiger partial charge in [-0.05, 0) is 37.3 Å². The van der Waals surface area contributed by atoms with Crippen LogP contribution in [0.5, 0.6) is 0 Å². The van der Waals surface area contributed by atoms with Gasteiger partial charge in [-0.15, -0.1) is 0 Å². The highest BCUT2D eigenvalue weighted by molar-refractivity contribution is 7.89. The van der Waals surface area contributed by atoms with Gasteiger partial charge >= 0.3 is 0 Å². The topological polar surface area (TPSA) is 49.4 Å². The molecule has 3 rings (SSSR count). The Morgan fingerprint density at radius 3 is 2.41 bits per heavy atom. The molecule has 0 amide bonds. The third-order valence-electron chi connectivity index (χ3n) is 4.84. The number of nitrogens with zero attached hydrogens (tertiary/aromatic N) is 1. The molecule has 5 heteroatoms. The fourth-order valence-corrected chi connectivity index (χ4v) is 5.27. The Bertz CT molecular complexity index is 588. The van der Waals surface area contributed by atoms with E-state index in [9.17, 15) is 8.42 Å². The van der Waals surface area contributed by atoms with Crippen LogP contribution in [0.15, 0.2) is 29.2 Å². The van der Waals surface area contributed by atoms with E-state index in [-0.39, 0.29) is 0 Å². The predicted molar refractivity (Wildman–Crippen MR) is 88.1 cm³/mol. The Hall–Kier alpha value is -0.910. The number of hydrogen-bond acceptors (Lipinski definition) is 3. The van der Waals surface area contributed by atoms with Crippen LogP contribution in [0.4, 0.5) is 0 Å². The van der Waals surface area contributed by atoms with Gasteiger partial charge in [0.1, 0.15) is 0 Å². The molecule has 0 unspecified atom stereocenters. The van der Waals surface area contributed by atoms with Gasteiger partial charge in [-0.2, -0.15) is 4.31 Å². The first-order chi connectivity index (χ1) is 10.7. The molecule has 22 heavy (non-hydrogen) atoms. The number of sulfonamides is 1. The van der Waals surface area contributed by atoms with Gasteiger partial charge in [0.2, 0.25) is 10.0 Å². The summed E-state index contributed by atoms with van der Waals surface area (Å²) in [4.78, 5) is 0.488. The molecule has 1 aromatic rings. The number of piperidine rings is 1. The minimum Gasteiger partial charge on any atom is -0.310 e. The van der Waals surface area contributed by atoms with E-state index in [4.69, 9.17) is 0 Å². The molecule has 1 saturated heterocycles. The zero-order chi connectivity index (χ0) is 15.4. The fraction of sp³-hybridized carbons (Fsp3) is 0.647. The molecule has 1 N–H and O–H groups in total. The molecule has 2 aliphatic rings. The number of benzene rings is 1. The summed E-state index contributed by atoms with van der Waals surface area (Å²) in [5, 5.41) is 3.53. The zero-order valence-electron chi connectivity index (χ0n) is 13.1. The molecule has 1 aliphatic carbocycles. The van der Waals surface area contributed by atoms with Gasteiger partial charge in [0.25, 0.3) is 0 Å². The number of nitrogens with one attached hydrogen (secondary N) is 1. The van der Waals surface area contributed by atoms with Crippen molar-refractivity contribution in [1.29, 1.82) is 0 Å². The van der Waals surface area contributed by atoms with Crippen LogP contribution in [0.1, 0.15) is 50.5 Å². The van der Waals surface area contributed by atoms with Crippen molar-refractivity contribution in [2.45, 2.75) is 62.4 Å². The molecule has 122 valence electrons. The second-order valence-electron chi connectivity index (χ2n) is 6.43. The molecule has 0 atom stereocenters. The molecule has 0 bridgehead atoms. The fourth-order valence-electron chi connectivity index (χ4n) is 3.53. The van der Waals surface area contributed by atoms with Crippen LogP contribution in [0.3, 0.4) is 0 Å². The second kappa shape index (κ2) is 7.11. The first kappa shape index (κ1) is 16.0. The third kappa shape index (κ3) is 3.53. The van der Waals surface area contributed by atoms with Crippen molar-refractivity contribution >= 4 is 10.0 Å². The van der Waals surface area contributed by atoms with Gasteiger partial charge in [0.05, 0.1) is 4.90 Å². The molecule has 1 heterocycles. The summed E-state index contributed by atoms with van der Waals surface area (Å²) < 4.78 is 27.5. The van der Waals surface area contributed by atoms with Gasteiger partial charge < -0.3 is 5.32 Å². The van der Waals surface area contributed by atoms with E-state index in [2.05, 4.69) is 5.32 Å². The standard InChI is InChI=1S/C17H26N2O2S/c20-22(21,19-12-6-1-7-13-19)17-11-5-2-8-15(17)14-18-16-9-3-4-10-16/h2,5,8,11,16,18H,1,3-4,6-7,9-10,12-14H2. The van der Waals surface area contributed by atoms with Crippen LogP contribution in [0, 0.1) is 0 Å². The lowest BCUT2D eigenvalue weighted by molar-refractivity contribution is 0.346. The summed E-state index contributed by atoms with van der Waals surface area (Å²) >= 11 is 0. The largest absolute Gasteiger partial charge is 0.310 e. The molecule has 0 aromatic heterocycles. The van der Waals surface area contributed by atoms with Crippen LogP contribution in [-0.4, -0.2) is 31.9 Å². The molecule has 1 saturated carbocycles. The molecular weight excluding hydrogens is 296 g/mol. The summed E-state index contributed by atoms with van der Waals surface area (Å²) in [5.74, 6) is 0. The van der Waals surface area contributed by atoms with Crippen molar-refractivity contribution in [3.63, 3.8) is 0 Å². The molecule has 4 nitrogen and oxygen atoms in total. The number of rotatable bonds is 5. The lowest BCUT2D eigenvalue weighted by Crippen LogP contribution is -2.36. The zero-order valence-corrected chi connectivity index (χ0v) is 13.9. The van der Waals surface area contributed by atoms with Crippen molar-refractivity contribution in [3.8, 4) is 0 Å². The maximum Gasteiger partial charge on any atom is 0.243 e. The van der Waals surface area contributed by atoms with E-state index >= 15 is 0 Å². The third-order valence-corrected chi connectivity index (χ3v) is 6.84. The van der Waals surface area contributed by atoms with Gasteiger partial charge in [0.15, 0.2) is 0 Å². The molecule has 0 spiro atoms. The van der Waals surface area contributed by atoms with E-state index in [1.54, 1.807) is 10.4 Å². The SMILES string of the molecule is O=S(=O)(c1ccccc1CNC1CCCC1)N1CCCCC1. The van der Waals surface area contributed by atoms with Crippen LogP contribution in [0.2, 0.25) is 0 Å². The minimum atomic E-state index is -3.35. The lowest BCUT2D eigenvalue weighted by atomic mass is 10.2. The molecule has 1 aliphatic heterocycles. The van der Waals surface area contributed by atoms with Crippen LogP contribution in [0.25, 0.3) is 0 Å². The van der Waals surface area contributed by atoms with Crippen LogP contribution in [-0.2, 0) is 16.6 Å². The van der Waals surface area contributed by atoms with Crippen molar-refractivity contribution < 1.29 is 8.42 Å². The molecular formula is C17H26N2O2S. The predicted octanol–water partition coefficient (Wildman–Crippen LogP) is 2.89. The molecule has 1 aromatic carbocycles. The first-order valence-electron chi connectivity index (χ1n) is 8.49. The quantitative estimate of drug-likeness (QED) is 0.907. The highest BCUT2D eigenvalue weighted by Crippen LogP contribution is 2.24. The summed E-state index contributed by atoms with van der Waals surface area (Å²) in [5.41, 5.74) is 0.903. The average Bonchev–Trinajstić information content (AvgIpc) is 3.07. The Balaban J connectivity index is 1.77. The van der Waals surface area contributed by atoms with E-state index < -0.39 is 10.0 Å². The Labute approximate surface area is 134 Å². The van der Waals surface area contributed by atoms with E-state index in [0.717, 1.165) is 24.8 Å². The number of hydrogen-bond donors (Lipinski definition) is 1. The van der Waals surface area contributed by atoms with Gasteiger partial charge in [0, 0.05) is 25.7 Å². The summed E-state index contributed by atoms with van der Waals surface area (Å²) in [6.45, 7) is 1.97. The second-order valence-corrected chi connectivity index (χ2v) is 8.34. The van der Waals surface area contributed by atoms with E-state index in [0.29, 0.717) is 30.6 Å². The first-order valence-corrected chi connectivity index (χ1v) is 9.93. The summed E-state index contributed by atoms with van der Waals surface area (Å²) in [6, 6.07) is 8.01. The molecule has 0 radical (unpaired) electrons. The van der Waals surface area contributed by atoms with Gasteiger partial charge in [-0.1, -0.05) is 37.5 Å². The van der Waals surface area contributed by atoms with E-state index in [1.807, 2.05) is 18.2 Å². The van der Waals surface area contributed by atoms with Crippen LogP contribution < -0.4 is 5.32 Å². The maximum atomic E-state index is 12.9. The van der Waals surface area contributed by atoms with E-state index in [1.165, 1.54) is 25.7 Å². The van der Waals surface area contributed by atoms with Crippen molar-refractivity contribution in [1.82, 2.24) is 9.62 Å². The highest BCUT2D eigenvalue weighted by Gasteiger charge is 2.28. The Kier molecular flexibility index (Phi) is 5.16. The van der Waals surface area contributed by atoms with Crippen LogP contribution >= 0.6 is 0 Å². The summed E-state index contributed by atoms with van der Waals surface area (Å²) in [6.07, 6.45) is 8.07. The molecule has 2 fully saturated rings. The maximum absolute atomic E-state index is 12.9. The van der Waals surface area contributed by atoms with Gasteiger partial charge in [-0.25, -0.2) is 8.42 Å². The average molecular weight is 322 g/mol. The summed E-state index contributed by atoms with van der Waals surface area (Å²) in [7, 11) is -3.35. The lowest BCUT2D eigenvalue weighted by Gasteiger charge is -2.27. The smallest absolute Gasteiger partial charge is 0.243 e. The minimum absolute atomic E-state index is 0.488. The highest BCUT2D eigenvalue weighted by atomic mass is 32.2. The van der Waals surface area contributed by atoms with Crippen molar-refractivity contribution in [2.75, 3.05) is 13.1 Å². The monoisotopic (exact) mass is 322 g/mol. The van der Waals surface area contributed by atoms with Gasteiger partial charge in [-0.3, -0.25) is 0 Å². The Morgan fingerprint density at radius 1 is 1.00 bits per heavy atom. The van der Waals surface area contributed by atoms with Crippen molar-refractivity contribution in [2.24, 2.45) is 0 Å². The normalized spacial score (nSPS) is 21.3. The Morgan fingerprint density at radius 2 is 1.68 bits per heavy atom.